The monoisotopic (exact) mass is 391 g/mol. The van der Waals surface area contributed by atoms with E-state index in [2.05, 4.69) is 11.9 Å². The van der Waals surface area contributed by atoms with Crippen LogP contribution in [0.4, 0.5) is 4.79 Å². The average molecular weight is 391 g/mol. The molecule has 0 bridgehead atoms. The molecule has 0 aliphatic carbocycles. The number of hydrogen-bond donors (Lipinski definition) is 1. The van der Waals surface area contributed by atoms with E-state index < -0.39 is 35.6 Å². The van der Waals surface area contributed by atoms with Gasteiger partial charge in [0.15, 0.2) is 0 Å². The van der Waals surface area contributed by atoms with Gasteiger partial charge in [0, 0.05) is 0 Å². The minimum atomic E-state index is -1.06. The second-order valence-electron chi connectivity index (χ2n) is 7.27. The van der Waals surface area contributed by atoms with E-state index in [1.807, 2.05) is 30.3 Å². The smallest absolute Gasteiger partial charge is 0.408 e. The number of ether oxygens (including phenoxy) is 3. The number of carbonyl (C=O) groups is 3. The van der Waals surface area contributed by atoms with Crippen LogP contribution in [0.25, 0.3) is 0 Å². The molecule has 1 unspecified atom stereocenters. The summed E-state index contributed by atoms with van der Waals surface area (Å²) in [6.07, 6.45) is 1.09. The molecule has 0 spiro atoms. The number of methoxy groups -OCH3 is 1. The van der Waals surface area contributed by atoms with Crippen molar-refractivity contribution in [3.05, 3.63) is 48.6 Å². The van der Waals surface area contributed by atoms with Gasteiger partial charge in [-0.05, 0) is 39.2 Å². The van der Waals surface area contributed by atoms with Crippen molar-refractivity contribution < 1.29 is 28.6 Å². The fraction of sp³-hybridized carbons (Fsp3) is 0.476. The first-order valence-electron chi connectivity index (χ1n) is 9.05. The normalized spacial score (nSPS) is 13.0. The summed E-state index contributed by atoms with van der Waals surface area (Å²) in [7, 11) is 1.27. The number of carbonyl (C=O) groups excluding carboxylic acids is 3. The summed E-state index contributed by atoms with van der Waals surface area (Å²) in [5.74, 6) is -1.79. The van der Waals surface area contributed by atoms with Crippen LogP contribution in [-0.4, -0.2) is 36.8 Å². The molecule has 2 atom stereocenters. The zero-order chi connectivity index (χ0) is 21.2. The molecule has 28 heavy (non-hydrogen) atoms. The zero-order valence-electron chi connectivity index (χ0n) is 16.9. The molecule has 0 radical (unpaired) electrons. The maximum Gasteiger partial charge on any atom is 0.408 e. The van der Waals surface area contributed by atoms with Gasteiger partial charge in [-0.1, -0.05) is 36.4 Å². The molecule has 0 aromatic heterocycles. The van der Waals surface area contributed by atoms with E-state index in [1.165, 1.54) is 7.11 Å². The van der Waals surface area contributed by atoms with Gasteiger partial charge >= 0.3 is 18.0 Å². The van der Waals surface area contributed by atoms with Crippen LogP contribution in [0.2, 0.25) is 0 Å². The third-order valence-corrected chi connectivity index (χ3v) is 3.70. The van der Waals surface area contributed by atoms with Crippen LogP contribution in [0.1, 0.15) is 39.2 Å². The maximum atomic E-state index is 12.5. The van der Waals surface area contributed by atoms with Crippen LogP contribution in [-0.2, 0) is 30.4 Å². The van der Waals surface area contributed by atoms with Crippen LogP contribution >= 0.6 is 0 Å². The summed E-state index contributed by atoms with van der Waals surface area (Å²) in [6, 6.07) is 8.08. The second kappa shape index (κ2) is 11.1. The number of amides is 1. The van der Waals surface area contributed by atoms with Gasteiger partial charge in [-0.3, -0.25) is 4.79 Å². The molecule has 1 N–H and O–H groups in total. The minimum absolute atomic E-state index is 0.00798. The molecular weight excluding hydrogens is 362 g/mol. The van der Waals surface area contributed by atoms with Crippen LogP contribution in [0.15, 0.2) is 43.0 Å². The predicted molar refractivity (Wildman–Crippen MR) is 104 cm³/mol. The lowest BCUT2D eigenvalue weighted by atomic mass is 9.96. The first kappa shape index (κ1) is 23.2. The summed E-state index contributed by atoms with van der Waals surface area (Å²) in [5, 5.41) is 2.50. The summed E-state index contributed by atoms with van der Waals surface area (Å²) in [6.45, 7) is 8.83. The first-order chi connectivity index (χ1) is 13.2. The molecule has 0 heterocycles. The van der Waals surface area contributed by atoms with Crippen molar-refractivity contribution >= 4 is 18.0 Å². The summed E-state index contributed by atoms with van der Waals surface area (Å²) < 4.78 is 15.3. The quantitative estimate of drug-likeness (QED) is 0.394. The Bertz CT molecular complexity index is 665. The second-order valence-corrected chi connectivity index (χ2v) is 7.27. The van der Waals surface area contributed by atoms with Crippen LogP contribution in [0.5, 0.6) is 0 Å². The minimum Gasteiger partial charge on any atom is -0.469 e. The van der Waals surface area contributed by atoms with E-state index in [9.17, 15) is 14.4 Å². The average Bonchev–Trinajstić information content (AvgIpc) is 2.64. The van der Waals surface area contributed by atoms with Crippen molar-refractivity contribution in [2.24, 2.45) is 5.92 Å². The maximum absolute atomic E-state index is 12.5. The lowest BCUT2D eigenvalue weighted by Crippen LogP contribution is -2.46. The number of esters is 2. The lowest BCUT2D eigenvalue weighted by molar-refractivity contribution is -0.158. The van der Waals surface area contributed by atoms with Gasteiger partial charge in [0.25, 0.3) is 0 Å². The van der Waals surface area contributed by atoms with E-state index in [-0.39, 0.29) is 13.0 Å². The highest BCUT2D eigenvalue weighted by atomic mass is 16.6. The zero-order valence-corrected chi connectivity index (χ0v) is 16.9. The van der Waals surface area contributed by atoms with Crippen molar-refractivity contribution in [2.75, 3.05) is 7.11 Å². The number of rotatable bonds is 9. The van der Waals surface area contributed by atoms with Crippen molar-refractivity contribution in [3.63, 3.8) is 0 Å². The summed E-state index contributed by atoms with van der Waals surface area (Å²) in [4.78, 5) is 36.7. The Morgan fingerprint density at radius 1 is 1.14 bits per heavy atom. The standard InChI is InChI=1S/C21H29NO6/c1-6-10-16(18(23)26-5)13-17(19(24)28-21(2,3)4)22-20(25)27-14-15-11-8-7-9-12-15/h6-9,11-12,16-17H,1,10,13-14H2,2-5H3,(H,22,25)/t16?,17-/m0/s1. The van der Waals surface area contributed by atoms with E-state index in [1.54, 1.807) is 26.8 Å². The molecular formula is C21H29NO6. The SMILES string of the molecule is C=CCC(C[C@H](NC(=O)OCc1ccccc1)C(=O)OC(C)(C)C)C(=O)OC. The molecule has 0 aliphatic rings. The molecule has 1 aromatic rings. The van der Waals surface area contributed by atoms with Gasteiger partial charge in [-0.15, -0.1) is 6.58 Å². The number of alkyl carbamates (subject to hydrolysis) is 1. The van der Waals surface area contributed by atoms with Crippen LogP contribution < -0.4 is 5.32 Å². The van der Waals surface area contributed by atoms with E-state index in [0.29, 0.717) is 6.42 Å². The molecule has 1 amide bonds. The largest absolute Gasteiger partial charge is 0.469 e. The van der Waals surface area contributed by atoms with Gasteiger partial charge in [0.05, 0.1) is 13.0 Å². The third-order valence-electron chi connectivity index (χ3n) is 3.70. The molecule has 0 saturated heterocycles. The highest BCUT2D eigenvalue weighted by molar-refractivity contribution is 5.82. The Kier molecular flexibility index (Phi) is 9.21. The highest BCUT2D eigenvalue weighted by Gasteiger charge is 2.32. The van der Waals surface area contributed by atoms with Gasteiger partial charge in [0.1, 0.15) is 18.2 Å². The van der Waals surface area contributed by atoms with Crippen LogP contribution in [0.3, 0.4) is 0 Å². The molecule has 7 heteroatoms. The number of hydrogen-bond acceptors (Lipinski definition) is 6. The van der Waals surface area contributed by atoms with Gasteiger partial charge in [-0.2, -0.15) is 0 Å². The van der Waals surface area contributed by atoms with Crippen molar-refractivity contribution in [2.45, 2.75) is 51.9 Å². The topological polar surface area (TPSA) is 90.9 Å². The first-order valence-corrected chi connectivity index (χ1v) is 9.05. The fourth-order valence-corrected chi connectivity index (χ4v) is 2.44. The Balaban J connectivity index is 2.83. The Morgan fingerprint density at radius 3 is 2.32 bits per heavy atom. The van der Waals surface area contributed by atoms with E-state index in [0.717, 1.165) is 5.56 Å². The van der Waals surface area contributed by atoms with Gasteiger partial charge in [0.2, 0.25) is 0 Å². The fourth-order valence-electron chi connectivity index (χ4n) is 2.44. The molecule has 0 saturated carbocycles. The molecule has 7 nitrogen and oxygen atoms in total. The molecule has 1 aromatic carbocycles. The highest BCUT2D eigenvalue weighted by Crippen LogP contribution is 2.18. The molecule has 154 valence electrons. The van der Waals surface area contributed by atoms with E-state index >= 15 is 0 Å². The third kappa shape index (κ3) is 8.70. The molecule has 0 fully saturated rings. The van der Waals surface area contributed by atoms with Crippen molar-refractivity contribution in [1.29, 1.82) is 0 Å². The Labute approximate surface area is 166 Å². The Hall–Kier alpha value is -2.83. The van der Waals surface area contributed by atoms with Gasteiger partial charge in [-0.25, -0.2) is 9.59 Å². The lowest BCUT2D eigenvalue weighted by Gasteiger charge is -2.26. The van der Waals surface area contributed by atoms with Gasteiger partial charge < -0.3 is 19.5 Å². The van der Waals surface area contributed by atoms with Crippen molar-refractivity contribution in [3.8, 4) is 0 Å². The number of nitrogens with one attached hydrogen (secondary N) is 1. The Morgan fingerprint density at radius 2 is 1.79 bits per heavy atom. The number of allylic oxidation sites excluding steroid dienone is 1. The summed E-state index contributed by atoms with van der Waals surface area (Å²) in [5.41, 5.74) is 0.0648. The van der Waals surface area contributed by atoms with E-state index in [4.69, 9.17) is 14.2 Å². The van der Waals surface area contributed by atoms with Crippen molar-refractivity contribution in [1.82, 2.24) is 5.32 Å². The number of benzene rings is 1. The molecule has 0 aliphatic heterocycles. The van der Waals surface area contributed by atoms with Crippen LogP contribution in [0, 0.1) is 5.92 Å². The predicted octanol–water partition coefficient (Wildman–Crippen LogP) is 3.38. The molecule has 1 rings (SSSR count). The summed E-state index contributed by atoms with van der Waals surface area (Å²) >= 11 is 0.